The van der Waals surface area contributed by atoms with Gasteiger partial charge in [0.1, 0.15) is 17.3 Å². The quantitative estimate of drug-likeness (QED) is 0.407. The van der Waals surface area contributed by atoms with E-state index >= 15 is 0 Å². The molecule has 1 aromatic carbocycles. The van der Waals surface area contributed by atoms with Crippen molar-refractivity contribution in [3.63, 3.8) is 0 Å². The SMILES string of the molecule is O=C(NO)c1cc2c(CNCC3CCCO3)cn(Cc3ccc(F)cc3F)c2cn1. The lowest BCUT2D eigenvalue weighted by Crippen LogP contribution is -2.25. The van der Waals surface area contributed by atoms with E-state index in [1.54, 1.807) is 11.5 Å². The van der Waals surface area contributed by atoms with Gasteiger partial charge in [-0.15, -0.1) is 0 Å². The normalized spacial score (nSPS) is 16.3. The van der Waals surface area contributed by atoms with E-state index < -0.39 is 17.5 Å². The van der Waals surface area contributed by atoms with Crippen molar-refractivity contribution in [2.75, 3.05) is 13.2 Å². The van der Waals surface area contributed by atoms with E-state index in [4.69, 9.17) is 9.94 Å². The predicted octanol–water partition coefficient (Wildman–Crippen LogP) is 2.75. The van der Waals surface area contributed by atoms with Gasteiger partial charge in [0.05, 0.1) is 24.4 Å². The van der Waals surface area contributed by atoms with Crippen LogP contribution in [0.2, 0.25) is 0 Å². The van der Waals surface area contributed by atoms with Gasteiger partial charge in [0.25, 0.3) is 5.91 Å². The first-order valence-electron chi connectivity index (χ1n) is 9.73. The number of rotatable bonds is 7. The molecule has 0 radical (unpaired) electrons. The van der Waals surface area contributed by atoms with Crippen LogP contribution in [0.1, 0.15) is 34.5 Å². The topological polar surface area (TPSA) is 88.4 Å². The van der Waals surface area contributed by atoms with E-state index in [2.05, 4.69) is 10.3 Å². The van der Waals surface area contributed by atoms with Gasteiger partial charge >= 0.3 is 0 Å². The van der Waals surface area contributed by atoms with Crippen molar-refractivity contribution < 1.29 is 23.5 Å². The third-order valence-corrected chi connectivity index (χ3v) is 5.25. The Labute approximate surface area is 171 Å². The molecule has 1 unspecified atom stereocenters. The Kier molecular flexibility index (Phi) is 6.03. The van der Waals surface area contributed by atoms with Gasteiger partial charge < -0.3 is 14.6 Å². The molecule has 1 atom stereocenters. The molecule has 4 rings (SSSR count). The van der Waals surface area contributed by atoms with E-state index in [1.807, 2.05) is 10.8 Å². The number of pyridine rings is 1. The Morgan fingerprint density at radius 2 is 2.17 bits per heavy atom. The zero-order valence-corrected chi connectivity index (χ0v) is 16.2. The second-order valence-corrected chi connectivity index (χ2v) is 7.31. The molecule has 1 aliphatic rings. The van der Waals surface area contributed by atoms with E-state index in [0.29, 0.717) is 24.2 Å². The molecule has 1 amide bonds. The summed E-state index contributed by atoms with van der Waals surface area (Å²) in [6.45, 7) is 2.18. The number of halogens is 2. The molecule has 1 saturated heterocycles. The van der Waals surface area contributed by atoms with Crippen LogP contribution < -0.4 is 10.8 Å². The number of hydrogen-bond donors (Lipinski definition) is 3. The van der Waals surface area contributed by atoms with Gasteiger partial charge in [0.2, 0.25) is 0 Å². The number of carbonyl (C=O) groups is 1. The number of hydrogen-bond acceptors (Lipinski definition) is 5. The largest absolute Gasteiger partial charge is 0.377 e. The molecule has 9 heteroatoms. The van der Waals surface area contributed by atoms with Gasteiger partial charge in [0, 0.05) is 42.9 Å². The van der Waals surface area contributed by atoms with Crippen LogP contribution in [0, 0.1) is 11.6 Å². The standard InChI is InChI=1S/C21H22F2N4O3/c22-15-4-3-13(18(23)6-15)11-27-12-14(8-24-9-16-2-1-5-30-16)17-7-19(21(28)26-29)25-10-20(17)27/h3-4,6-7,10,12,16,24,29H,1-2,5,8-9,11H2,(H,26,28). The van der Waals surface area contributed by atoms with E-state index in [-0.39, 0.29) is 18.3 Å². The molecule has 0 aliphatic carbocycles. The highest BCUT2D eigenvalue weighted by Gasteiger charge is 2.17. The highest BCUT2D eigenvalue weighted by atomic mass is 19.1. The number of aromatic nitrogens is 2. The first kappa shape index (κ1) is 20.4. The lowest BCUT2D eigenvalue weighted by molar-refractivity contribution is 0.0701. The first-order chi connectivity index (χ1) is 14.5. The smallest absolute Gasteiger partial charge is 0.293 e. The van der Waals surface area contributed by atoms with Crippen LogP contribution in [0.25, 0.3) is 10.9 Å². The average molecular weight is 416 g/mol. The monoisotopic (exact) mass is 416 g/mol. The van der Waals surface area contributed by atoms with Crippen LogP contribution in [-0.2, 0) is 17.8 Å². The number of carbonyl (C=O) groups excluding carboxylic acids is 1. The molecule has 1 fully saturated rings. The number of nitrogens with one attached hydrogen (secondary N) is 2. The summed E-state index contributed by atoms with van der Waals surface area (Å²) in [6, 6.07) is 5.07. The van der Waals surface area contributed by atoms with Crippen LogP contribution >= 0.6 is 0 Å². The summed E-state index contributed by atoms with van der Waals surface area (Å²) in [5, 5.41) is 13.0. The van der Waals surface area contributed by atoms with Crippen molar-refractivity contribution in [2.45, 2.75) is 32.0 Å². The molecule has 0 spiro atoms. The van der Waals surface area contributed by atoms with Gasteiger partial charge in [-0.3, -0.25) is 10.0 Å². The number of hydroxylamine groups is 1. The second kappa shape index (κ2) is 8.86. The fraction of sp³-hybridized carbons (Fsp3) is 0.333. The maximum Gasteiger partial charge on any atom is 0.293 e. The minimum absolute atomic E-state index is 0.0658. The van der Waals surface area contributed by atoms with Gasteiger partial charge in [0.15, 0.2) is 0 Å². The summed E-state index contributed by atoms with van der Waals surface area (Å²) in [5.74, 6) is -1.97. The van der Waals surface area contributed by atoms with E-state index in [0.717, 1.165) is 36.5 Å². The van der Waals surface area contributed by atoms with Gasteiger partial charge in [-0.05, 0) is 30.5 Å². The maximum absolute atomic E-state index is 14.2. The molecule has 7 nitrogen and oxygen atoms in total. The Morgan fingerprint density at radius 3 is 2.90 bits per heavy atom. The molecule has 3 N–H and O–H groups in total. The van der Waals surface area contributed by atoms with Crippen molar-refractivity contribution in [3.05, 3.63) is 65.1 Å². The minimum Gasteiger partial charge on any atom is -0.377 e. The fourth-order valence-corrected chi connectivity index (χ4v) is 3.72. The Balaban J connectivity index is 1.64. The Hall–Kier alpha value is -2.88. The summed E-state index contributed by atoms with van der Waals surface area (Å²) < 4.78 is 34.8. The molecule has 30 heavy (non-hydrogen) atoms. The number of benzene rings is 1. The van der Waals surface area contributed by atoms with Crippen LogP contribution in [0.15, 0.2) is 36.7 Å². The van der Waals surface area contributed by atoms with Crippen LogP contribution in [0.4, 0.5) is 8.78 Å². The number of fused-ring (bicyclic) bond motifs is 1. The van der Waals surface area contributed by atoms with E-state index in [9.17, 15) is 13.6 Å². The molecule has 0 bridgehead atoms. The zero-order valence-electron chi connectivity index (χ0n) is 16.2. The molecule has 0 saturated carbocycles. The highest BCUT2D eigenvalue weighted by molar-refractivity contribution is 5.96. The lowest BCUT2D eigenvalue weighted by Gasteiger charge is -2.10. The first-order valence-corrected chi connectivity index (χ1v) is 9.73. The Bertz CT molecular complexity index is 1060. The molecular formula is C21H22F2N4O3. The van der Waals surface area contributed by atoms with Crippen LogP contribution in [0.5, 0.6) is 0 Å². The summed E-state index contributed by atoms with van der Waals surface area (Å²) in [7, 11) is 0. The Morgan fingerprint density at radius 1 is 1.30 bits per heavy atom. The average Bonchev–Trinajstić information content (AvgIpc) is 3.38. The number of nitrogens with zero attached hydrogens (tertiary/aromatic N) is 2. The van der Waals surface area contributed by atoms with Gasteiger partial charge in [-0.25, -0.2) is 19.2 Å². The van der Waals surface area contributed by atoms with E-state index in [1.165, 1.54) is 18.3 Å². The number of amides is 1. The summed E-state index contributed by atoms with van der Waals surface area (Å²) in [4.78, 5) is 15.9. The minimum atomic E-state index is -0.715. The van der Waals surface area contributed by atoms with Crippen molar-refractivity contribution in [2.24, 2.45) is 0 Å². The zero-order chi connectivity index (χ0) is 21.1. The van der Waals surface area contributed by atoms with Crippen molar-refractivity contribution in [1.82, 2.24) is 20.3 Å². The van der Waals surface area contributed by atoms with Crippen LogP contribution in [-0.4, -0.2) is 39.9 Å². The second-order valence-electron chi connectivity index (χ2n) is 7.31. The third-order valence-electron chi connectivity index (χ3n) is 5.25. The molecule has 158 valence electrons. The summed E-state index contributed by atoms with van der Waals surface area (Å²) in [5.41, 5.74) is 3.57. The van der Waals surface area contributed by atoms with Crippen molar-refractivity contribution >= 4 is 16.8 Å². The van der Waals surface area contributed by atoms with Gasteiger partial charge in [-0.1, -0.05) is 6.07 Å². The molecule has 3 aromatic rings. The molecular weight excluding hydrogens is 394 g/mol. The van der Waals surface area contributed by atoms with Crippen molar-refractivity contribution in [1.29, 1.82) is 0 Å². The highest BCUT2D eigenvalue weighted by Crippen LogP contribution is 2.24. The maximum atomic E-state index is 14.2. The molecule has 1 aliphatic heterocycles. The van der Waals surface area contributed by atoms with Gasteiger partial charge in [-0.2, -0.15) is 0 Å². The van der Waals surface area contributed by atoms with Crippen molar-refractivity contribution in [3.8, 4) is 0 Å². The molecule has 2 aromatic heterocycles. The lowest BCUT2D eigenvalue weighted by atomic mass is 10.1. The summed E-state index contributed by atoms with van der Waals surface area (Å²) in [6.07, 6.45) is 5.62. The molecule has 3 heterocycles. The summed E-state index contributed by atoms with van der Waals surface area (Å²) >= 11 is 0. The third kappa shape index (κ3) is 4.33. The predicted molar refractivity (Wildman–Crippen MR) is 105 cm³/mol. The number of ether oxygens (including phenoxy) is 1. The van der Waals surface area contributed by atoms with Crippen LogP contribution in [0.3, 0.4) is 0 Å². The fourth-order valence-electron chi connectivity index (χ4n) is 3.72.